The summed E-state index contributed by atoms with van der Waals surface area (Å²) in [4.78, 5) is 21.6. The first-order valence-electron chi connectivity index (χ1n) is 7.52. The third-order valence-electron chi connectivity index (χ3n) is 4.28. The molecule has 1 saturated heterocycles. The van der Waals surface area contributed by atoms with Crippen molar-refractivity contribution in [1.29, 1.82) is 0 Å². The summed E-state index contributed by atoms with van der Waals surface area (Å²) in [6.45, 7) is 5.55. The highest BCUT2D eigenvalue weighted by Crippen LogP contribution is 2.28. The highest BCUT2D eigenvalue weighted by Gasteiger charge is 2.28. The SMILES string of the molecule is CCc1cn[nH]c1[C@H]1CCCN(C(=O)c2nc[nH]c2C)C1. The molecule has 0 bridgehead atoms. The topological polar surface area (TPSA) is 77.7 Å². The Morgan fingerprint density at radius 2 is 2.38 bits per heavy atom. The fraction of sp³-hybridized carbons (Fsp3) is 0.533. The first-order chi connectivity index (χ1) is 10.2. The van der Waals surface area contributed by atoms with Crippen LogP contribution in [-0.2, 0) is 6.42 Å². The van der Waals surface area contributed by atoms with Crippen LogP contribution in [0.5, 0.6) is 0 Å². The second kappa shape index (κ2) is 5.71. The average molecular weight is 287 g/mol. The van der Waals surface area contributed by atoms with E-state index in [-0.39, 0.29) is 5.91 Å². The highest BCUT2D eigenvalue weighted by atomic mass is 16.2. The zero-order chi connectivity index (χ0) is 14.8. The van der Waals surface area contributed by atoms with Gasteiger partial charge in [0.1, 0.15) is 5.69 Å². The number of nitrogens with one attached hydrogen (secondary N) is 2. The number of hydrogen-bond donors (Lipinski definition) is 2. The number of carbonyl (C=O) groups is 1. The monoisotopic (exact) mass is 287 g/mol. The van der Waals surface area contributed by atoms with Crippen LogP contribution in [0.4, 0.5) is 0 Å². The summed E-state index contributed by atoms with van der Waals surface area (Å²) in [6.07, 6.45) is 6.55. The molecule has 1 atom stereocenters. The molecule has 0 aromatic carbocycles. The number of carbonyl (C=O) groups excluding carboxylic acids is 1. The highest BCUT2D eigenvalue weighted by molar-refractivity contribution is 5.93. The molecule has 3 rings (SSSR count). The normalized spacial score (nSPS) is 19.0. The number of aromatic nitrogens is 4. The summed E-state index contributed by atoms with van der Waals surface area (Å²) >= 11 is 0. The predicted molar refractivity (Wildman–Crippen MR) is 79.2 cm³/mol. The van der Waals surface area contributed by atoms with Gasteiger partial charge in [0.2, 0.25) is 0 Å². The van der Waals surface area contributed by atoms with Gasteiger partial charge in [-0.1, -0.05) is 6.92 Å². The maximum absolute atomic E-state index is 12.6. The molecule has 0 spiro atoms. The molecule has 2 N–H and O–H groups in total. The number of rotatable bonds is 3. The van der Waals surface area contributed by atoms with Crippen LogP contribution >= 0.6 is 0 Å². The molecular weight excluding hydrogens is 266 g/mol. The lowest BCUT2D eigenvalue weighted by Gasteiger charge is -2.32. The Kier molecular flexibility index (Phi) is 3.77. The minimum atomic E-state index is 0.0241. The Balaban J connectivity index is 1.77. The number of hydrogen-bond acceptors (Lipinski definition) is 3. The summed E-state index contributed by atoms with van der Waals surface area (Å²) in [5.41, 5.74) is 3.81. The lowest BCUT2D eigenvalue weighted by atomic mass is 9.92. The molecule has 6 heteroatoms. The van der Waals surface area contributed by atoms with Crippen LogP contribution in [-0.4, -0.2) is 44.1 Å². The first kappa shape index (κ1) is 13.9. The van der Waals surface area contributed by atoms with Crippen molar-refractivity contribution in [3.63, 3.8) is 0 Å². The van der Waals surface area contributed by atoms with Crippen molar-refractivity contribution in [2.75, 3.05) is 13.1 Å². The van der Waals surface area contributed by atoms with Crippen molar-refractivity contribution >= 4 is 5.91 Å². The minimum Gasteiger partial charge on any atom is -0.348 e. The number of imidazole rings is 1. The number of H-pyrrole nitrogens is 2. The fourth-order valence-electron chi connectivity index (χ4n) is 3.08. The molecule has 2 aromatic heterocycles. The number of aryl methyl sites for hydroxylation is 2. The van der Waals surface area contributed by atoms with Crippen LogP contribution in [0, 0.1) is 6.92 Å². The van der Waals surface area contributed by atoms with Crippen LogP contribution in [0.15, 0.2) is 12.5 Å². The number of nitrogens with zero attached hydrogens (tertiary/aromatic N) is 3. The summed E-state index contributed by atoms with van der Waals surface area (Å²) in [7, 11) is 0. The van der Waals surface area contributed by atoms with E-state index in [0.29, 0.717) is 11.6 Å². The maximum Gasteiger partial charge on any atom is 0.274 e. The van der Waals surface area contributed by atoms with Gasteiger partial charge in [-0.25, -0.2) is 4.98 Å². The van der Waals surface area contributed by atoms with Crippen LogP contribution in [0.1, 0.15) is 53.1 Å². The summed E-state index contributed by atoms with van der Waals surface area (Å²) in [5, 5.41) is 7.28. The first-order valence-corrected chi connectivity index (χ1v) is 7.52. The van der Waals surface area contributed by atoms with Crippen molar-refractivity contribution in [1.82, 2.24) is 25.1 Å². The molecule has 6 nitrogen and oxygen atoms in total. The second-order valence-corrected chi connectivity index (χ2v) is 5.63. The zero-order valence-electron chi connectivity index (χ0n) is 12.5. The molecule has 0 aliphatic carbocycles. The van der Waals surface area contributed by atoms with Gasteiger partial charge in [0, 0.05) is 30.4 Å². The Hall–Kier alpha value is -2.11. The fourth-order valence-corrected chi connectivity index (χ4v) is 3.08. The van der Waals surface area contributed by atoms with Gasteiger partial charge >= 0.3 is 0 Å². The summed E-state index contributed by atoms with van der Waals surface area (Å²) in [6, 6.07) is 0. The molecular formula is C15H21N5O. The van der Waals surface area contributed by atoms with E-state index in [2.05, 4.69) is 27.1 Å². The quantitative estimate of drug-likeness (QED) is 0.906. The Labute approximate surface area is 124 Å². The third kappa shape index (κ3) is 2.57. The van der Waals surface area contributed by atoms with E-state index in [0.717, 1.165) is 38.0 Å². The average Bonchev–Trinajstić information content (AvgIpc) is 3.15. The van der Waals surface area contributed by atoms with E-state index < -0.39 is 0 Å². The molecule has 112 valence electrons. The van der Waals surface area contributed by atoms with Gasteiger partial charge in [-0.2, -0.15) is 5.10 Å². The molecule has 2 aromatic rings. The van der Waals surface area contributed by atoms with Gasteiger partial charge < -0.3 is 9.88 Å². The molecule has 1 aliphatic heterocycles. The predicted octanol–water partition coefficient (Wildman–Crippen LogP) is 2.02. The van der Waals surface area contributed by atoms with E-state index in [1.807, 2.05) is 18.0 Å². The van der Waals surface area contributed by atoms with E-state index in [9.17, 15) is 4.79 Å². The van der Waals surface area contributed by atoms with Gasteiger partial charge in [-0.15, -0.1) is 0 Å². The van der Waals surface area contributed by atoms with E-state index >= 15 is 0 Å². The summed E-state index contributed by atoms with van der Waals surface area (Å²) in [5.74, 6) is 0.371. The maximum atomic E-state index is 12.6. The minimum absolute atomic E-state index is 0.0241. The standard InChI is InChI=1S/C15H21N5O/c1-3-11-7-18-19-14(11)12-5-4-6-20(8-12)15(21)13-10(2)16-9-17-13/h7,9,12H,3-6,8H2,1-2H3,(H,16,17)(H,18,19)/t12-/m0/s1. The third-order valence-corrected chi connectivity index (χ3v) is 4.28. The van der Waals surface area contributed by atoms with Crippen LogP contribution < -0.4 is 0 Å². The van der Waals surface area contributed by atoms with Crippen molar-refractivity contribution in [2.45, 2.75) is 39.0 Å². The van der Waals surface area contributed by atoms with Gasteiger partial charge in [-0.05, 0) is 31.7 Å². The molecule has 1 amide bonds. The van der Waals surface area contributed by atoms with E-state index in [4.69, 9.17) is 0 Å². The van der Waals surface area contributed by atoms with Gasteiger partial charge in [0.25, 0.3) is 5.91 Å². The molecule has 21 heavy (non-hydrogen) atoms. The largest absolute Gasteiger partial charge is 0.348 e. The lowest BCUT2D eigenvalue weighted by molar-refractivity contribution is 0.0699. The van der Waals surface area contributed by atoms with E-state index in [1.54, 1.807) is 6.33 Å². The zero-order valence-corrected chi connectivity index (χ0v) is 12.5. The number of aromatic amines is 2. The second-order valence-electron chi connectivity index (χ2n) is 5.63. The number of likely N-dealkylation sites (tertiary alicyclic amines) is 1. The molecule has 0 unspecified atom stereocenters. The Morgan fingerprint density at radius 1 is 1.52 bits per heavy atom. The van der Waals surface area contributed by atoms with Crippen LogP contribution in [0.3, 0.4) is 0 Å². The van der Waals surface area contributed by atoms with Gasteiger partial charge in [0.15, 0.2) is 0 Å². The summed E-state index contributed by atoms with van der Waals surface area (Å²) < 4.78 is 0. The van der Waals surface area contributed by atoms with Gasteiger partial charge in [0.05, 0.1) is 12.5 Å². The smallest absolute Gasteiger partial charge is 0.274 e. The molecule has 0 saturated carbocycles. The van der Waals surface area contributed by atoms with Crippen LogP contribution in [0.2, 0.25) is 0 Å². The lowest BCUT2D eigenvalue weighted by Crippen LogP contribution is -2.39. The Bertz CT molecular complexity index is 630. The van der Waals surface area contributed by atoms with Crippen molar-refractivity contribution in [3.05, 3.63) is 35.2 Å². The number of piperidine rings is 1. The Morgan fingerprint density at radius 3 is 3.10 bits per heavy atom. The van der Waals surface area contributed by atoms with E-state index in [1.165, 1.54) is 11.3 Å². The molecule has 0 radical (unpaired) electrons. The van der Waals surface area contributed by atoms with Gasteiger partial charge in [-0.3, -0.25) is 9.89 Å². The molecule has 1 fully saturated rings. The van der Waals surface area contributed by atoms with Crippen LogP contribution in [0.25, 0.3) is 0 Å². The van der Waals surface area contributed by atoms with Crippen molar-refractivity contribution in [2.24, 2.45) is 0 Å². The molecule has 1 aliphatic rings. The van der Waals surface area contributed by atoms with Crippen molar-refractivity contribution in [3.8, 4) is 0 Å². The van der Waals surface area contributed by atoms with Crippen molar-refractivity contribution < 1.29 is 4.79 Å². The number of amides is 1. The molecule has 3 heterocycles.